The van der Waals surface area contributed by atoms with Crippen molar-refractivity contribution in [1.29, 1.82) is 0 Å². The van der Waals surface area contributed by atoms with Gasteiger partial charge in [0.15, 0.2) is 17.5 Å². The normalized spacial score (nSPS) is 23.8. The van der Waals surface area contributed by atoms with E-state index in [1.165, 1.54) is 18.9 Å². The molecule has 0 amide bonds. The van der Waals surface area contributed by atoms with Crippen molar-refractivity contribution in [2.24, 2.45) is 0 Å². The zero-order valence-electron chi connectivity index (χ0n) is 19.9. The van der Waals surface area contributed by atoms with Gasteiger partial charge in [0.25, 0.3) is 0 Å². The van der Waals surface area contributed by atoms with E-state index in [9.17, 15) is 8.78 Å². The maximum absolute atomic E-state index is 14.7. The molecule has 184 valence electrons. The predicted octanol–water partition coefficient (Wildman–Crippen LogP) is 4.17. The molecule has 3 aliphatic rings. The fraction of sp³-hybridized carbons (Fsp3) is 0.542. The fourth-order valence-electron chi connectivity index (χ4n) is 5.68. The van der Waals surface area contributed by atoms with Gasteiger partial charge in [0, 0.05) is 23.5 Å². The molecular formula is C24H29F2N9. The first kappa shape index (κ1) is 22.3. The number of benzene rings is 1. The molecule has 35 heavy (non-hydrogen) atoms. The number of nitrogens with one attached hydrogen (secondary N) is 2. The van der Waals surface area contributed by atoms with Crippen LogP contribution in [0.2, 0.25) is 0 Å². The highest BCUT2D eigenvalue weighted by atomic mass is 19.1. The third kappa shape index (κ3) is 4.33. The van der Waals surface area contributed by atoms with Crippen molar-refractivity contribution in [2.75, 3.05) is 17.2 Å². The molecule has 2 aromatic heterocycles. The monoisotopic (exact) mass is 481 g/mol. The minimum Gasteiger partial charge on any atom is -0.365 e. The summed E-state index contributed by atoms with van der Waals surface area (Å²) >= 11 is 0. The molecule has 2 atom stereocenters. The quantitative estimate of drug-likeness (QED) is 0.542. The number of aromatic nitrogens is 6. The Morgan fingerprint density at radius 2 is 1.97 bits per heavy atom. The van der Waals surface area contributed by atoms with Gasteiger partial charge in [0.1, 0.15) is 5.82 Å². The third-order valence-corrected chi connectivity index (χ3v) is 7.42. The Hall–Kier alpha value is -3.21. The molecule has 1 aromatic carbocycles. The molecule has 6 rings (SSSR count). The molecule has 0 radical (unpaired) electrons. The zero-order chi connectivity index (χ0) is 24.2. The lowest BCUT2D eigenvalue weighted by molar-refractivity contribution is 0.0500. The minimum absolute atomic E-state index is 0.0424. The molecule has 2 aliphatic heterocycles. The van der Waals surface area contributed by atoms with E-state index in [4.69, 9.17) is 0 Å². The van der Waals surface area contributed by atoms with Crippen LogP contribution in [0.5, 0.6) is 0 Å². The molecule has 2 saturated heterocycles. The topological polar surface area (TPSA) is 96.7 Å². The summed E-state index contributed by atoms with van der Waals surface area (Å²) in [7, 11) is 0. The second-order valence-corrected chi connectivity index (χ2v) is 10.5. The number of rotatable bonds is 6. The molecule has 3 aromatic rings. The lowest BCUT2D eigenvalue weighted by atomic mass is 9.84. The highest BCUT2D eigenvalue weighted by molar-refractivity contribution is 5.59. The van der Waals surface area contributed by atoms with E-state index < -0.39 is 11.6 Å². The van der Waals surface area contributed by atoms with Crippen molar-refractivity contribution in [2.45, 2.75) is 75.9 Å². The number of tetrazole rings is 1. The van der Waals surface area contributed by atoms with Gasteiger partial charge >= 0.3 is 0 Å². The summed E-state index contributed by atoms with van der Waals surface area (Å²) in [5.41, 5.74) is 0.838. The van der Waals surface area contributed by atoms with E-state index in [0.717, 1.165) is 44.2 Å². The van der Waals surface area contributed by atoms with Crippen molar-refractivity contribution < 1.29 is 8.78 Å². The summed E-state index contributed by atoms with van der Waals surface area (Å²) < 4.78 is 30.9. The van der Waals surface area contributed by atoms with Gasteiger partial charge in [-0.15, -0.1) is 5.10 Å². The minimum atomic E-state index is -0.529. The van der Waals surface area contributed by atoms with Crippen molar-refractivity contribution in [3.63, 3.8) is 0 Å². The molecule has 0 unspecified atom stereocenters. The van der Waals surface area contributed by atoms with Crippen molar-refractivity contribution >= 4 is 17.5 Å². The maximum Gasteiger partial charge on any atom is 0.229 e. The standard InChI is InChI=1S/C24H29F2N9/c1-24(2)12-15(10-16-4-3-9-34(16)24)28-21-19(26)13-27-23(30-21)29-20-11-17(7-8-18(20)25)35-22(14-5-6-14)31-32-33-35/h7-8,11,13-16H,3-6,9-10,12H2,1-2H3,(H2,27,28,29,30)/t15-,16+/m1/s1. The van der Waals surface area contributed by atoms with E-state index in [0.29, 0.717) is 17.6 Å². The summed E-state index contributed by atoms with van der Waals surface area (Å²) in [6.07, 6.45) is 7.41. The van der Waals surface area contributed by atoms with E-state index in [-0.39, 0.29) is 29.0 Å². The second-order valence-electron chi connectivity index (χ2n) is 10.5. The Balaban J connectivity index is 1.22. The summed E-state index contributed by atoms with van der Waals surface area (Å²) in [6.45, 7) is 5.62. The van der Waals surface area contributed by atoms with E-state index in [2.05, 4.69) is 54.9 Å². The first-order valence-corrected chi connectivity index (χ1v) is 12.3. The summed E-state index contributed by atoms with van der Waals surface area (Å²) in [5.74, 6) is 0.334. The molecule has 1 aliphatic carbocycles. The average Bonchev–Trinajstić information content (AvgIpc) is 3.33. The molecule has 3 fully saturated rings. The Labute approximate surface area is 202 Å². The molecule has 0 bridgehead atoms. The van der Waals surface area contributed by atoms with Crippen LogP contribution in [0.25, 0.3) is 5.69 Å². The molecule has 2 N–H and O–H groups in total. The van der Waals surface area contributed by atoms with Crippen LogP contribution in [0, 0.1) is 11.6 Å². The van der Waals surface area contributed by atoms with Crippen LogP contribution in [0.1, 0.15) is 64.1 Å². The Morgan fingerprint density at radius 3 is 2.80 bits per heavy atom. The SMILES string of the molecule is CC1(C)C[C@H](Nc2nc(Nc3cc(-n4nnnc4C4CC4)ccc3F)ncc2F)C[C@@H]2CCCN21. The van der Waals surface area contributed by atoms with Crippen molar-refractivity contribution in [3.05, 3.63) is 41.9 Å². The highest BCUT2D eigenvalue weighted by Gasteiger charge is 2.43. The number of piperidine rings is 1. The van der Waals surface area contributed by atoms with Crippen molar-refractivity contribution in [3.8, 4) is 5.69 Å². The van der Waals surface area contributed by atoms with Gasteiger partial charge in [-0.1, -0.05) is 0 Å². The molecule has 9 nitrogen and oxygen atoms in total. The van der Waals surface area contributed by atoms with Crippen LogP contribution in [0.4, 0.5) is 26.2 Å². The van der Waals surface area contributed by atoms with E-state index in [1.54, 1.807) is 16.8 Å². The molecule has 1 saturated carbocycles. The number of hydrogen-bond acceptors (Lipinski definition) is 8. The molecular weight excluding hydrogens is 452 g/mol. The number of anilines is 3. The average molecular weight is 482 g/mol. The summed E-state index contributed by atoms with van der Waals surface area (Å²) in [5, 5.41) is 18.1. The second kappa shape index (κ2) is 8.47. The first-order chi connectivity index (χ1) is 16.9. The number of hydrogen-bond donors (Lipinski definition) is 2. The van der Waals surface area contributed by atoms with Crippen LogP contribution in [-0.2, 0) is 0 Å². The summed E-state index contributed by atoms with van der Waals surface area (Å²) in [6, 6.07) is 5.18. The van der Waals surface area contributed by atoms with Gasteiger partial charge in [-0.25, -0.2) is 13.8 Å². The Morgan fingerprint density at radius 1 is 1.11 bits per heavy atom. The molecule has 4 heterocycles. The molecule has 0 spiro atoms. The molecule has 11 heteroatoms. The first-order valence-electron chi connectivity index (χ1n) is 12.3. The van der Waals surface area contributed by atoms with Crippen molar-refractivity contribution in [1.82, 2.24) is 35.1 Å². The Bertz CT molecular complexity index is 1240. The predicted molar refractivity (Wildman–Crippen MR) is 127 cm³/mol. The number of halogens is 2. The maximum atomic E-state index is 14.7. The van der Waals surface area contributed by atoms with Crippen LogP contribution >= 0.6 is 0 Å². The summed E-state index contributed by atoms with van der Waals surface area (Å²) in [4.78, 5) is 11.0. The van der Waals surface area contributed by atoms with E-state index in [1.807, 2.05) is 0 Å². The van der Waals surface area contributed by atoms with E-state index >= 15 is 0 Å². The van der Waals surface area contributed by atoms with Gasteiger partial charge in [0.2, 0.25) is 5.95 Å². The lowest BCUT2D eigenvalue weighted by Crippen LogP contribution is -2.55. The zero-order valence-corrected chi connectivity index (χ0v) is 19.9. The van der Waals surface area contributed by atoms with Crippen LogP contribution in [0.3, 0.4) is 0 Å². The van der Waals surface area contributed by atoms with Crippen LogP contribution < -0.4 is 10.6 Å². The van der Waals surface area contributed by atoms with Crippen LogP contribution in [0.15, 0.2) is 24.4 Å². The number of nitrogens with zero attached hydrogens (tertiary/aromatic N) is 7. The third-order valence-electron chi connectivity index (χ3n) is 7.42. The van der Waals surface area contributed by atoms with Gasteiger partial charge in [-0.3, -0.25) is 4.90 Å². The highest BCUT2D eigenvalue weighted by Crippen LogP contribution is 2.40. The van der Waals surface area contributed by atoms with Gasteiger partial charge in [0.05, 0.1) is 17.6 Å². The van der Waals surface area contributed by atoms with Crippen LogP contribution in [-0.4, -0.2) is 59.2 Å². The Kier molecular flexibility index (Phi) is 5.39. The largest absolute Gasteiger partial charge is 0.365 e. The van der Waals surface area contributed by atoms with Gasteiger partial charge < -0.3 is 10.6 Å². The smallest absolute Gasteiger partial charge is 0.229 e. The fourth-order valence-corrected chi connectivity index (χ4v) is 5.68. The van der Waals surface area contributed by atoms with Gasteiger partial charge in [-0.2, -0.15) is 9.67 Å². The van der Waals surface area contributed by atoms with Gasteiger partial charge in [-0.05, 0) is 87.5 Å². The number of fused-ring (bicyclic) bond motifs is 1. The lowest BCUT2D eigenvalue weighted by Gasteiger charge is -2.47.